The number of nitrogens with zero attached hydrogens (tertiary/aromatic N) is 1. The van der Waals surface area contributed by atoms with Crippen molar-refractivity contribution in [3.05, 3.63) is 102 Å². The first-order chi connectivity index (χ1) is 22.6. The summed E-state index contributed by atoms with van der Waals surface area (Å²) in [6, 6.07) is 26.0. The van der Waals surface area contributed by atoms with E-state index in [1.165, 1.54) is 6.92 Å². The lowest BCUT2D eigenvalue weighted by Gasteiger charge is -2.34. The van der Waals surface area contributed by atoms with Crippen molar-refractivity contribution < 1.29 is 24.2 Å². The van der Waals surface area contributed by atoms with Crippen molar-refractivity contribution >= 4 is 17.7 Å². The minimum Gasteiger partial charge on any atom is -0.497 e. The SMILES string of the molecule is COc1cccc(CNC[C@@H](O)[C@H](Cc2ccccc2)NC(=O)[C@H](CCc2ccccc2)N2CC[C@](CC(C)C)(NC(C)=O)C2=O)c1. The molecule has 1 aliphatic rings. The Morgan fingerprint density at radius 3 is 2.26 bits per heavy atom. The van der Waals surface area contributed by atoms with Crippen molar-refractivity contribution in [3.8, 4) is 5.75 Å². The molecule has 3 aromatic rings. The zero-order chi connectivity index (χ0) is 33.8. The Labute approximate surface area is 279 Å². The number of hydrogen-bond acceptors (Lipinski definition) is 6. The third-order valence-corrected chi connectivity index (χ3v) is 8.76. The number of amides is 3. The number of aliphatic hydroxyl groups excluding tert-OH is 1. The topological polar surface area (TPSA) is 120 Å². The maximum atomic E-state index is 14.3. The second-order valence-electron chi connectivity index (χ2n) is 13.0. The molecule has 0 bridgehead atoms. The van der Waals surface area contributed by atoms with Crippen LogP contribution in [0.25, 0.3) is 0 Å². The number of aryl methyl sites for hydroxylation is 1. The molecular weight excluding hydrogens is 592 g/mol. The summed E-state index contributed by atoms with van der Waals surface area (Å²) in [7, 11) is 1.63. The molecule has 1 heterocycles. The molecular formula is C38H50N4O5. The minimum absolute atomic E-state index is 0.164. The highest BCUT2D eigenvalue weighted by atomic mass is 16.5. The fourth-order valence-corrected chi connectivity index (χ4v) is 6.58. The van der Waals surface area contributed by atoms with Gasteiger partial charge in [0.15, 0.2) is 0 Å². The van der Waals surface area contributed by atoms with Gasteiger partial charge in [-0.1, -0.05) is 86.6 Å². The average Bonchev–Trinajstić information content (AvgIpc) is 3.35. The van der Waals surface area contributed by atoms with Crippen molar-refractivity contribution in [2.75, 3.05) is 20.2 Å². The quantitative estimate of drug-likeness (QED) is 0.177. The summed E-state index contributed by atoms with van der Waals surface area (Å²) in [6.45, 7) is 6.59. The molecule has 0 spiro atoms. The van der Waals surface area contributed by atoms with Crippen LogP contribution < -0.4 is 20.7 Å². The lowest BCUT2D eigenvalue weighted by Crippen LogP contribution is -2.59. The van der Waals surface area contributed by atoms with Crippen molar-refractivity contribution in [2.45, 2.75) is 83.1 Å². The van der Waals surface area contributed by atoms with E-state index in [0.29, 0.717) is 45.2 Å². The van der Waals surface area contributed by atoms with Gasteiger partial charge in [-0.3, -0.25) is 14.4 Å². The number of nitrogens with one attached hydrogen (secondary N) is 3. The number of aliphatic hydroxyl groups is 1. The van der Waals surface area contributed by atoms with Gasteiger partial charge in [-0.05, 0) is 66.8 Å². The largest absolute Gasteiger partial charge is 0.497 e. The van der Waals surface area contributed by atoms with E-state index < -0.39 is 23.7 Å². The van der Waals surface area contributed by atoms with E-state index in [1.54, 1.807) is 12.0 Å². The minimum atomic E-state index is -1.04. The van der Waals surface area contributed by atoms with Crippen LogP contribution in [0.5, 0.6) is 5.75 Å². The Bertz CT molecular complexity index is 1450. The van der Waals surface area contributed by atoms with Crippen LogP contribution in [0, 0.1) is 5.92 Å². The molecule has 252 valence electrons. The van der Waals surface area contributed by atoms with Crippen molar-refractivity contribution in [1.82, 2.24) is 20.9 Å². The predicted octanol–water partition coefficient (Wildman–Crippen LogP) is 4.03. The third kappa shape index (κ3) is 10.1. The second-order valence-corrected chi connectivity index (χ2v) is 13.0. The summed E-state index contributed by atoms with van der Waals surface area (Å²) in [5.41, 5.74) is 2.01. The zero-order valence-electron chi connectivity index (χ0n) is 28.1. The van der Waals surface area contributed by atoms with E-state index in [1.807, 2.05) is 98.8 Å². The highest BCUT2D eigenvalue weighted by Crippen LogP contribution is 2.32. The van der Waals surface area contributed by atoms with Gasteiger partial charge in [0.2, 0.25) is 17.7 Å². The van der Waals surface area contributed by atoms with Gasteiger partial charge >= 0.3 is 0 Å². The summed E-state index contributed by atoms with van der Waals surface area (Å²) in [5.74, 6) is 0.115. The maximum absolute atomic E-state index is 14.3. The summed E-state index contributed by atoms with van der Waals surface area (Å²) in [5, 5.41) is 20.9. The Kier molecular flexibility index (Phi) is 13.0. The van der Waals surface area contributed by atoms with Crippen LogP contribution in [0.3, 0.4) is 0 Å². The van der Waals surface area contributed by atoms with Crippen molar-refractivity contribution in [3.63, 3.8) is 0 Å². The van der Waals surface area contributed by atoms with Crippen LogP contribution in [0.1, 0.15) is 56.7 Å². The fourth-order valence-electron chi connectivity index (χ4n) is 6.58. The maximum Gasteiger partial charge on any atom is 0.249 e. The molecule has 1 fully saturated rings. The molecule has 4 N–H and O–H groups in total. The molecule has 0 unspecified atom stereocenters. The molecule has 4 atom stereocenters. The highest BCUT2D eigenvalue weighted by Gasteiger charge is 2.50. The summed E-state index contributed by atoms with van der Waals surface area (Å²) < 4.78 is 5.33. The lowest BCUT2D eigenvalue weighted by atomic mass is 9.87. The summed E-state index contributed by atoms with van der Waals surface area (Å²) in [6.07, 6.45) is 1.42. The van der Waals surface area contributed by atoms with Crippen molar-refractivity contribution in [1.29, 1.82) is 0 Å². The normalized spacial score (nSPS) is 18.1. The molecule has 3 aromatic carbocycles. The Hall–Kier alpha value is -4.21. The molecule has 0 aliphatic carbocycles. The Balaban J connectivity index is 1.55. The monoisotopic (exact) mass is 642 g/mol. The summed E-state index contributed by atoms with van der Waals surface area (Å²) >= 11 is 0. The molecule has 9 heteroatoms. The van der Waals surface area contributed by atoms with E-state index in [2.05, 4.69) is 16.0 Å². The van der Waals surface area contributed by atoms with Gasteiger partial charge in [0.1, 0.15) is 17.3 Å². The molecule has 0 aromatic heterocycles. The predicted molar refractivity (Wildman–Crippen MR) is 184 cm³/mol. The van der Waals surface area contributed by atoms with E-state index in [9.17, 15) is 19.5 Å². The number of likely N-dealkylation sites (tertiary alicyclic amines) is 1. The number of carbonyl (C=O) groups is 3. The van der Waals surface area contributed by atoms with Gasteiger partial charge in [0.25, 0.3) is 0 Å². The first-order valence-electron chi connectivity index (χ1n) is 16.6. The van der Waals surface area contributed by atoms with Gasteiger partial charge in [-0.2, -0.15) is 0 Å². The van der Waals surface area contributed by atoms with Gasteiger partial charge in [0, 0.05) is 26.6 Å². The van der Waals surface area contributed by atoms with E-state index in [0.717, 1.165) is 22.4 Å². The van der Waals surface area contributed by atoms with Crippen molar-refractivity contribution in [2.24, 2.45) is 5.92 Å². The fraction of sp³-hybridized carbons (Fsp3) is 0.447. The van der Waals surface area contributed by atoms with Crippen LogP contribution in [0.15, 0.2) is 84.9 Å². The van der Waals surface area contributed by atoms with E-state index in [4.69, 9.17) is 4.74 Å². The molecule has 0 saturated carbocycles. The number of benzene rings is 3. The van der Waals surface area contributed by atoms with E-state index in [-0.39, 0.29) is 30.2 Å². The smallest absolute Gasteiger partial charge is 0.249 e. The van der Waals surface area contributed by atoms with Crippen LogP contribution in [-0.2, 0) is 33.8 Å². The lowest BCUT2D eigenvalue weighted by molar-refractivity contribution is -0.143. The van der Waals surface area contributed by atoms with E-state index >= 15 is 0 Å². The molecule has 9 nitrogen and oxygen atoms in total. The highest BCUT2D eigenvalue weighted by molar-refractivity contribution is 5.96. The molecule has 1 aliphatic heterocycles. The zero-order valence-corrected chi connectivity index (χ0v) is 28.1. The average molecular weight is 643 g/mol. The second kappa shape index (κ2) is 17.1. The van der Waals surface area contributed by atoms with Crippen LogP contribution in [0.2, 0.25) is 0 Å². The molecule has 0 radical (unpaired) electrons. The van der Waals surface area contributed by atoms with Crippen LogP contribution >= 0.6 is 0 Å². The first kappa shape index (κ1) is 35.6. The van der Waals surface area contributed by atoms with Crippen LogP contribution in [0.4, 0.5) is 0 Å². The Morgan fingerprint density at radius 2 is 1.62 bits per heavy atom. The number of carbonyl (C=O) groups excluding carboxylic acids is 3. The van der Waals surface area contributed by atoms with Gasteiger partial charge in [-0.25, -0.2) is 0 Å². The number of hydrogen-bond donors (Lipinski definition) is 4. The number of methoxy groups -OCH3 is 1. The number of ether oxygens (including phenoxy) is 1. The Morgan fingerprint density at radius 1 is 0.957 bits per heavy atom. The molecule has 4 rings (SSSR count). The molecule has 47 heavy (non-hydrogen) atoms. The van der Waals surface area contributed by atoms with Crippen LogP contribution in [-0.4, -0.2) is 71.7 Å². The third-order valence-electron chi connectivity index (χ3n) is 8.76. The van der Waals surface area contributed by atoms with Gasteiger partial charge in [0.05, 0.1) is 19.3 Å². The van der Waals surface area contributed by atoms with Gasteiger partial charge < -0.3 is 30.7 Å². The first-order valence-corrected chi connectivity index (χ1v) is 16.6. The molecule has 3 amide bonds. The summed E-state index contributed by atoms with van der Waals surface area (Å²) in [4.78, 5) is 42.3. The standard InChI is InChI=1S/C38H50N4O5/c1-27(2)24-38(41-28(3)43)20-21-42(37(38)46)34(19-18-29-12-7-5-8-13-29)36(45)40-33(23-30-14-9-6-10-15-30)35(44)26-39-25-31-16-11-17-32(22-31)47-4/h5-17,22,27,33-35,39,44H,18-21,23-26H2,1-4H3,(H,40,45)(H,41,43)/t33-,34-,35+,38+/m0/s1. The van der Waals surface area contributed by atoms with Gasteiger partial charge in [-0.15, -0.1) is 0 Å². The molecule has 1 saturated heterocycles. The number of rotatable bonds is 17.